The van der Waals surface area contributed by atoms with Crippen LogP contribution >= 0.6 is 0 Å². The Kier molecular flexibility index (Phi) is 2.15. The van der Waals surface area contributed by atoms with E-state index in [2.05, 4.69) is 15.4 Å². The van der Waals surface area contributed by atoms with Gasteiger partial charge in [0.1, 0.15) is 17.1 Å². The number of hydrogen-bond acceptors (Lipinski definition) is 5. The largest absolute Gasteiger partial charge is 0.506 e. The number of hydrazine groups is 1. The van der Waals surface area contributed by atoms with E-state index >= 15 is 0 Å². The summed E-state index contributed by atoms with van der Waals surface area (Å²) >= 11 is 0. The first-order valence-corrected chi connectivity index (χ1v) is 5.18. The molecule has 2 heterocycles. The lowest BCUT2D eigenvalue weighted by atomic mass is 10.2. The highest BCUT2D eigenvalue weighted by Gasteiger charge is 2.14. The van der Waals surface area contributed by atoms with Crippen LogP contribution in [0.15, 0.2) is 42.9 Å². The van der Waals surface area contributed by atoms with Crippen molar-refractivity contribution in [3.8, 4) is 5.75 Å². The number of anilines is 2. The van der Waals surface area contributed by atoms with Crippen molar-refractivity contribution < 1.29 is 5.11 Å². The number of fused-ring (bicyclic) bond motifs is 1. The molecule has 2 aromatic rings. The zero-order valence-electron chi connectivity index (χ0n) is 8.91. The van der Waals surface area contributed by atoms with Crippen LogP contribution in [-0.4, -0.2) is 15.1 Å². The zero-order chi connectivity index (χ0) is 11.7. The number of hydrogen-bond donors (Lipinski definition) is 2. The average Bonchev–Trinajstić information content (AvgIpc) is 2.39. The van der Waals surface area contributed by atoms with Crippen LogP contribution in [0.2, 0.25) is 0 Å². The summed E-state index contributed by atoms with van der Waals surface area (Å²) in [7, 11) is 0. The third kappa shape index (κ3) is 1.67. The van der Waals surface area contributed by atoms with Crippen LogP contribution in [0.4, 0.5) is 11.5 Å². The SMILES string of the molecule is Oc1ccccc1N1C=Cc2nccnc2N1. The van der Waals surface area contributed by atoms with Crippen molar-refractivity contribution in [2.24, 2.45) is 0 Å². The molecule has 0 aliphatic carbocycles. The second-order valence-corrected chi connectivity index (χ2v) is 3.58. The number of phenolic OH excluding ortho intramolecular Hbond substituents is 1. The molecule has 0 atom stereocenters. The van der Waals surface area contributed by atoms with Crippen molar-refractivity contribution in [2.45, 2.75) is 0 Å². The van der Waals surface area contributed by atoms with Crippen molar-refractivity contribution in [1.82, 2.24) is 9.97 Å². The van der Waals surface area contributed by atoms with Crippen LogP contribution in [0.1, 0.15) is 5.69 Å². The van der Waals surface area contributed by atoms with Gasteiger partial charge >= 0.3 is 0 Å². The number of nitrogens with one attached hydrogen (secondary N) is 1. The van der Waals surface area contributed by atoms with Crippen LogP contribution in [0, 0.1) is 0 Å². The Bertz CT molecular complexity index is 582. The maximum atomic E-state index is 9.76. The predicted molar refractivity (Wildman–Crippen MR) is 65.3 cm³/mol. The van der Waals surface area contributed by atoms with E-state index < -0.39 is 0 Å². The first-order valence-electron chi connectivity index (χ1n) is 5.18. The van der Waals surface area contributed by atoms with Gasteiger partial charge in [0.25, 0.3) is 0 Å². The molecule has 0 saturated heterocycles. The molecule has 84 valence electrons. The monoisotopic (exact) mass is 226 g/mol. The van der Waals surface area contributed by atoms with Gasteiger partial charge in [0.05, 0.1) is 0 Å². The van der Waals surface area contributed by atoms with E-state index in [4.69, 9.17) is 0 Å². The number of rotatable bonds is 1. The summed E-state index contributed by atoms with van der Waals surface area (Å²) < 4.78 is 0. The van der Waals surface area contributed by atoms with Gasteiger partial charge in [0.15, 0.2) is 5.82 Å². The van der Waals surface area contributed by atoms with E-state index in [1.165, 1.54) is 0 Å². The molecule has 1 aromatic heterocycles. The summed E-state index contributed by atoms with van der Waals surface area (Å²) in [5.74, 6) is 0.871. The quantitative estimate of drug-likeness (QED) is 0.778. The lowest BCUT2D eigenvalue weighted by Crippen LogP contribution is -2.27. The van der Waals surface area contributed by atoms with E-state index in [0.717, 1.165) is 5.69 Å². The number of para-hydroxylation sites is 2. The fraction of sp³-hybridized carbons (Fsp3) is 0. The van der Waals surface area contributed by atoms with Crippen molar-refractivity contribution in [2.75, 3.05) is 10.4 Å². The second kappa shape index (κ2) is 3.79. The summed E-state index contributed by atoms with van der Waals surface area (Å²) in [5.41, 5.74) is 4.51. The summed E-state index contributed by atoms with van der Waals surface area (Å²) in [4.78, 5) is 8.35. The van der Waals surface area contributed by atoms with Crippen LogP contribution in [0.3, 0.4) is 0 Å². The highest BCUT2D eigenvalue weighted by Crippen LogP contribution is 2.29. The Balaban J connectivity index is 1.98. The van der Waals surface area contributed by atoms with E-state index in [9.17, 15) is 5.11 Å². The highest BCUT2D eigenvalue weighted by molar-refractivity contribution is 5.72. The van der Waals surface area contributed by atoms with Gasteiger partial charge in [-0.2, -0.15) is 0 Å². The molecule has 0 saturated carbocycles. The molecule has 17 heavy (non-hydrogen) atoms. The molecular weight excluding hydrogens is 216 g/mol. The molecule has 2 N–H and O–H groups in total. The van der Waals surface area contributed by atoms with Gasteiger partial charge < -0.3 is 5.11 Å². The van der Waals surface area contributed by atoms with Gasteiger partial charge in [0.2, 0.25) is 0 Å². The van der Waals surface area contributed by atoms with E-state index in [-0.39, 0.29) is 5.75 Å². The molecule has 1 aromatic carbocycles. The van der Waals surface area contributed by atoms with Gasteiger partial charge in [-0.25, -0.2) is 4.98 Å². The van der Waals surface area contributed by atoms with E-state index in [1.807, 2.05) is 18.2 Å². The topological polar surface area (TPSA) is 61.3 Å². The Morgan fingerprint density at radius 2 is 1.94 bits per heavy atom. The molecular formula is C12H10N4O. The Morgan fingerprint density at radius 3 is 2.82 bits per heavy atom. The number of aromatic hydroxyl groups is 1. The minimum Gasteiger partial charge on any atom is -0.506 e. The Labute approximate surface area is 98.0 Å². The molecule has 1 aliphatic heterocycles. The third-order valence-electron chi connectivity index (χ3n) is 2.48. The van der Waals surface area contributed by atoms with Gasteiger partial charge in [0, 0.05) is 18.6 Å². The zero-order valence-corrected chi connectivity index (χ0v) is 8.91. The fourth-order valence-electron chi connectivity index (χ4n) is 1.66. The summed E-state index contributed by atoms with van der Waals surface area (Å²) in [5, 5.41) is 11.5. The fourth-order valence-corrected chi connectivity index (χ4v) is 1.66. The highest BCUT2D eigenvalue weighted by atomic mass is 16.3. The number of phenols is 1. The maximum absolute atomic E-state index is 9.76. The smallest absolute Gasteiger partial charge is 0.171 e. The van der Waals surface area contributed by atoms with Crippen LogP contribution in [0.25, 0.3) is 6.08 Å². The van der Waals surface area contributed by atoms with Crippen molar-refractivity contribution in [3.05, 3.63) is 48.6 Å². The molecule has 0 unspecified atom stereocenters. The first-order chi connectivity index (χ1) is 8.34. The van der Waals surface area contributed by atoms with Crippen LogP contribution in [-0.2, 0) is 0 Å². The summed E-state index contributed by atoms with van der Waals surface area (Å²) in [6.07, 6.45) is 6.89. The second-order valence-electron chi connectivity index (χ2n) is 3.58. The average molecular weight is 226 g/mol. The molecule has 5 heteroatoms. The van der Waals surface area contributed by atoms with E-state index in [0.29, 0.717) is 11.5 Å². The number of aromatic nitrogens is 2. The van der Waals surface area contributed by atoms with E-state index in [1.54, 1.807) is 35.7 Å². The summed E-state index contributed by atoms with van der Waals surface area (Å²) in [6, 6.07) is 7.09. The Morgan fingerprint density at radius 1 is 1.12 bits per heavy atom. The van der Waals surface area contributed by atoms with Gasteiger partial charge in [-0.05, 0) is 18.2 Å². The van der Waals surface area contributed by atoms with Gasteiger partial charge in [-0.1, -0.05) is 12.1 Å². The lowest BCUT2D eigenvalue weighted by molar-refractivity contribution is 0.476. The van der Waals surface area contributed by atoms with Gasteiger partial charge in [-0.15, -0.1) is 0 Å². The molecule has 3 rings (SSSR count). The van der Waals surface area contributed by atoms with Crippen LogP contribution < -0.4 is 10.4 Å². The minimum atomic E-state index is 0.206. The molecule has 1 aliphatic rings. The standard InChI is InChI=1S/C12H10N4O/c17-11-4-2-1-3-10(11)16-8-5-9-12(15-16)14-7-6-13-9/h1-8,17H,(H,14,15). The van der Waals surface area contributed by atoms with Crippen molar-refractivity contribution >= 4 is 17.6 Å². The van der Waals surface area contributed by atoms with Crippen molar-refractivity contribution in [3.63, 3.8) is 0 Å². The third-order valence-corrected chi connectivity index (χ3v) is 2.48. The number of nitrogens with zero attached hydrogens (tertiary/aromatic N) is 3. The normalized spacial score (nSPS) is 13.1. The molecule has 0 fully saturated rings. The van der Waals surface area contributed by atoms with Crippen LogP contribution in [0.5, 0.6) is 5.75 Å². The molecule has 5 nitrogen and oxygen atoms in total. The Hall–Kier alpha value is -2.56. The molecule has 0 radical (unpaired) electrons. The number of benzene rings is 1. The molecule has 0 amide bonds. The first kappa shape index (κ1) is 9.65. The summed E-state index contributed by atoms with van der Waals surface area (Å²) in [6.45, 7) is 0. The lowest BCUT2D eigenvalue weighted by Gasteiger charge is -2.26. The maximum Gasteiger partial charge on any atom is 0.171 e. The predicted octanol–water partition coefficient (Wildman–Crippen LogP) is 2.00. The van der Waals surface area contributed by atoms with Gasteiger partial charge in [-0.3, -0.25) is 15.4 Å². The molecule has 0 spiro atoms. The van der Waals surface area contributed by atoms with Crippen molar-refractivity contribution in [1.29, 1.82) is 0 Å². The minimum absolute atomic E-state index is 0.206. The molecule has 0 bridgehead atoms.